The summed E-state index contributed by atoms with van der Waals surface area (Å²) < 4.78 is 24.1. The minimum atomic E-state index is -1.04. The highest BCUT2D eigenvalue weighted by Crippen LogP contribution is 2.27. The lowest BCUT2D eigenvalue weighted by Crippen LogP contribution is -2.33. The van der Waals surface area contributed by atoms with E-state index in [2.05, 4.69) is 10.3 Å². The van der Waals surface area contributed by atoms with E-state index in [-0.39, 0.29) is 18.1 Å². The molecule has 0 radical (unpaired) electrons. The minimum Gasteiger partial charge on any atom is -0.493 e. The molecule has 0 heterocycles. The Morgan fingerprint density at radius 1 is 1.19 bits per heavy atom. The number of nitrogens with zero attached hydrogens (tertiary/aromatic N) is 1. The van der Waals surface area contributed by atoms with Crippen molar-refractivity contribution in [3.8, 4) is 11.5 Å². The maximum Gasteiger partial charge on any atom is 0.188 e. The largest absolute Gasteiger partial charge is 0.493 e. The van der Waals surface area contributed by atoms with E-state index in [1.165, 1.54) is 12.1 Å². The van der Waals surface area contributed by atoms with Crippen LogP contribution < -0.4 is 20.5 Å². The zero-order valence-corrected chi connectivity index (χ0v) is 14.9. The van der Waals surface area contributed by atoms with Gasteiger partial charge in [-0.2, -0.15) is 0 Å². The first-order valence-corrected chi connectivity index (χ1v) is 8.22. The second kappa shape index (κ2) is 9.62. The maximum atomic E-state index is 13.6. The van der Waals surface area contributed by atoms with Gasteiger partial charge in [-0.25, -0.2) is 4.39 Å². The number of hydrogen-bond donors (Lipinski definition) is 3. The van der Waals surface area contributed by atoms with Crippen molar-refractivity contribution in [1.29, 1.82) is 0 Å². The molecule has 6 nitrogen and oxygen atoms in total. The highest BCUT2D eigenvalue weighted by Gasteiger charge is 2.11. The van der Waals surface area contributed by atoms with Crippen molar-refractivity contribution in [2.75, 3.05) is 27.3 Å². The normalized spacial score (nSPS) is 12.5. The summed E-state index contributed by atoms with van der Waals surface area (Å²) in [7, 11) is 3.18. The van der Waals surface area contributed by atoms with Crippen LogP contribution in [0.3, 0.4) is 0 Å². The SMILES string of the molecule is COc1ccc(CCNC(N)=NCC(O)c2ccccc2F)cc1OC. The van der Waals surface area contributed by atoms with Crippen molar-refractivity contribution in [1.82, 2.24) is 5.32 Å². The Morgan fingerprint density at radius 3 is 2.62 bits per heavy atom. The molecule has 1 atom stereocenters. The lowest BCUT2D eigenvalue weighted by molar-refractivity contribution is 0.182. The van der Waals surface area contributed by atoms with Gasteiger partial charge in [0, 0.05) is 12.1 Å². The summed E-state index contributed by atoms with van der Waals surface area (Å²) in [6, 6.07) is 11.7. The number of guanidine groups is 1. The Balaban J connectivity index is 1.84. The van der Waals surface area contributed by atoms with Crippen molar-refractivity contribution in [3.63, 3.8) is 0 Å². The van der Waals surface area contributed by atoms with E-state index in [0.717, 1.165) is 5.56 Å². The molecule has 0 spiro atoms. The number of benzene rings is 2. The van der Waals surface area contributed by atoms with Gasteiger partial charge in [0.15, 0.2) is 17.5 Å². The molecule has 0 aliphatic rings. The van der Waals surface area contributed by atoms with Gasteiger partial charge >= 0.3 is 0 Å². The van der Waals surface area contributed by atoms with Crippen molar-refractivity contribution in [2.45, 2.75) is 12.5 Å². The Labute approximate surface area is 152 Å². The third-order valence-corrected chi connectivity index (χ3v) is 3.87. The molecule has 0 aliphatic heterocycles. The van der Waals surface area contributed by atoms with Gasteiger partial charge in [-0.15, -0.1) is 0 Å². The van der Waals surface area contributed by atoms with Gasteiger partial charge in [-0.3, -0.25) is 4.99 Å². The molecule has 4 N–H and O–H groups in total. The van der Waals surface area contributed by atoms with Crippen molar-refractivity contribution < 1.29 is 19.0 Å². The lowest BCUT2D eigenvalue weighted by Gasteiger charge is -2.11. The lowest BCUT2D eigenvalue weighted by atomic mass is 10.1. The quantitative estimate of drug-likeness (QED) is 0.494. The first kappa shape index (κ1) is 19.5. The van der Waals surface area contributed by atoms with Crippen LogP contribution in [0.4, 0.5) is 4.39 Å². The van der Waals surface area contributed by atoms with E-state index < -0.39 is 11.9 Å². The van der Waals surface area contributed by atoms with Crippen LogP contribution in [-0.2, 0) is 6.42 Å². The molecule has 2 aromatic carbocycles. The number of nitrogens with two attached hydrogens (primary N) is 1. The molecule has 0 saturated carbocycles. The molecule has 0 aromatic heterocycles. The van der Waals surface area contributed by atoms with E-state index in [4.69, 9.17) is 15.2 Å². The number of rotatable bonds is 8. The van der Waals surface area contributed by atoms with Gasteiger partial charge in [0.2, 0.25) is 0 Å². The highest BCUT2D eigenvalue weighted by molar-refractivity contribution is 5.77. The molecule has 2 aromatic rings. The van der Waals surface area contributed by atoms with E-state index >= 15 is 0 Å². The van der Waals surface area contributed by atoms with Crippen LogP contribution in [0.2, 0.25) is 0 Å². The molecule has 0 amide bonds. The number of ether oxygens (including phenoxy) is 2. The van der Waals surface area contributed by atoms with Gasteiger partial charge in [0.05, 0.1) is 20.8 Å². The summed E-state index contributed by atoms with van der Waals surface area (Å²) in [6.45, 7) is 0.538. The topological polar surface area (TPSA) is 89.1 Å². The Hall–Kier alpha value is -2.80. The second-order valence-corrected chi connectivity index (χ2v) is 5.63. The number of aliphatic imine (C=N–C) groups is 1. The van der Waals surface area contributed by atoms with Crippen LogP contribution in [0.15, 0.2) is 47.5 Å². The Kier molecular flexibility index (Phi) is 7.23. The third-order valence-electron chi connectivity index (χ3n) is 3.87. The third kappa shape index (κ3) is 5.35. The molecule has 2 rings (SSSR count). The van der Waals surface area contributed by atoms with Gasteiger partial charge in [0.1, 0.15) is 11.9 Å². The van der Waals surface area contributed by atoms with Crippen LogP contribution in [0.1, 0.15) is 17.2 Å². The number of methoxy groups -OCH3 is 2. The zero-order valence-electron chi connectivity index (χ0n) is 14.9. The monoisotopic (exact) mass is 361 g/mol. The number of nitrogens with one attached hydrogen (secondary N) is 1. The van der Waals surface area contributed by atoms with E-state index in [1.807, 2.05) is 18.2 Å². The molecule has 140 valence electrons. The molecule has 0 saturated heterocycles. The summed E-state index contributed by atoms with van der Waals surface area (Å²) in [5, 5.41) is 13.0. The fourth-order valence-corrected chi connectivity index (χ4v) is 2.46. The average Bonchev–Trinajstić information content (AvgIpc) is 2.66. The summed E-state index contributed by atoms with van der Waals surface area (Å²) in [4.78, 5) is 4.06. The molecular formula is C19H24FN3O3. The Bertz CT molecular complexity index is 753. The summed E-state index contributed by atoms with van der Waals surface area (Å²) in [5.41, 5.74) is 7.05. The van der Waals surface area contributed by atoms with Gasteiger partial charge in [-0.1, -0.05) is 24.3 Å². The molecule has 26 heavy (non-hydrogen) atoms. The molecule has 1 unspecified atom stereocenters. The first-order valence-electron chi connectivity index (χ1n) is 8.22. The van der Waals surface area contributed by atoms with Crippen LogP contribution in [0.25, 0.3) is 0 Å². The second-order valence-electron chi connectivity index (χ2n) is 5.63. The number of hydrogen-bond acceptors (Lipinski definition) is 4. The van der Waals surface area contributed by atoms with Crippen molar-refractivity contribution in [3.05, 3.63) is 59.4 Å². The van der Waals surface area contributed by atoms with Crippen LogP contribution >= 0.6 is 0 Å². The van der Waals surface area contributed by atoms with Crippen molar-refractivity contribution >= 4 is 5.96 Å². The summed E-state index contributed by atoms with van der Waals surface area (Å²) in [6.07, 6.45) is -0.339. The summed E-state index contributed by atoms with van der Waals surface area (Å²) in [5.74, 6) is 1.07. The molecule has 0 aliphatic carbocycles. The molecular weight excluding hydrogens is 337 g/mol. The van der Waals surface area contributed by atoms with Crippen LogP contribution in [0.5, 0.6) is 11.5 Å². The van der Waals surface area contributed by atoms with Gasteiger partial charge in [0.25, 0.3) is 0 Å². The van der Waals surface area contributed by atoms with Crippen LogP contribution in [-0.4, -0.2) is 38.4 Å². The highest BCUT2D eigenvalue weighted by atomic mass is 19.1. The standard InChI is InChI=1S/C19H24FN3O3/c1-25-17-8-7-13(11-18(17)26-2)9-10-22-19(21)23-12-16(24)14-5-3-4-6-15(14)20/h3-8,11,16,24H,9-10,12H2,1-2H3,(H3,21,22,23). The molecule has 0 fully saturated rings. The molecule has 7 heteroatoms. The summed E-state index contributed by atoms with van der Waals surface area (Å²) >= 11 is 0. The zero-order chi connectivity index (χ0) is 18.9. The van der Waals surface area contributed by atoms with Gasteiger partial charge in [-0.05, 0) is 30.2 Å². The Morgan fingerprint density at radius 2 is 1.92 bits per heavy atom. The van der Waals surface area contributed by atoms with E-state index in [9.17, 15) is 9.50 Å². The minimum absolute atomic E-state index is 0.0177. The fraction of sp³-hybridized carbons (Fsp3) is 0.316. The number of halogens is 1. The maximum absolute atomic E-state index is 13.6. The predicted molar refractivity (Wildman–Crippen MR) is 99.1 cm³/mol. The number of aliphatic hydroxyl groups excluding tert-OH is 1. The number of aliphatic hydroxyl groups is 1. The molecule has 0 bridgehead atoms. The van der Waals surface area contributed by atoms with Crippen LogP contribution in [0, 0.1) is 5.82 Å². The first-order chi connectivity index (χ1) is 12.5. The fourth-order valence-electron chi connectivity index (χ4n) is 2.46. The predicted octanol–water partition coefficient (Wildman–Crippen LogP) is 2.02. The van der Waals surface area contributed by atoms with E-state index in [0.29, 0.717) is 24.5 Å². The van der Waals surface area contributed by atoms with Gasteiger partial charge < -0.3 is 25.6 Å². The van der Waals surface area contributed by atoms with E-state index in [1.54, 1.807) is 26.4 Å². The van der Waals surface area contributed by atoms with Crippen molar-refractivity contribution in [2.24, 2.45) is 10.7 Å². The smallest absolute Gasteiger partial charge is 0.188 e. The average molecular weight is 361 g/mol.